The third-order valence-electron chi connectivity index (χ3n) is 5.55. The van der Waals surface area contributed by atoms with Crippen molar-refractivity contribution in [3.8, 4) is 16.2 Å². The van der Waals surface area contributed by atoms with Crippen molar-refractivity contribution >= 4 is 50.8 Å². The molecule has 0 aliphatic carbocycles. The summed E-state index contributed by atoms with van der Waals surface area (Å²) in [6.07, 6.45) is -2.14. The zero-order valence-electron chi connectivity index (χ0n) is 19.0. The molecule has 0 spiro atoms. The van der Waals surface area contributed by atoms with Crippen LogP contribution in [-0.4, -0.2) is 57.9 Å². The lowest BCUT2D eigenvalue weighted by Gasteiger charge is -2.33. The number of nitrogens with one attached hydrogen (secondary N) is 1. The van der Waals surface area contributed by atoms with Gasteiger partial charge in [0.05, 0.1) is 9.35 Å². The maximum absolute atomic E-state index is 13.0. The first-order chi connectivity index (χ1) is 17.5. The predicted molar refractivity (Wildman–Crippen MR) is 133 cm³/mol. The van der Waals surface area contributed by atoms with Crippen molar-refractivity contribution < 1.29 is 37.7 Å². The van der Waals surface area contributed by atoms with Gasteiger partial charge in [-0.1, -0.05) is 12.1 Å². The highest BCUT2D eigenvalue weighted by Crippen LogP contribution is 2.46. The van der Waals surface area contributed by atoms with Gasteiger partial charge < -0.3 is 25.2 Å². The summed E-state index contributed by atoms with van der Waals surface area (Å²) < 4.78 is 44.5. The van der Waals surface area contributed by atoms with Crippen LogP contribution >= 0.6 is 27.3 Å². The van der Waals surface area contributed by atoms with Gasteiger partial charge in [0.2, 0.25) is 5.95 Å². The van der Waals surface area contributed by atoms with Crippen molar-refractivity contribution in [3.63, 3.8) is 0 Å². The number of ether oxygens (including phenoxy) is 1. The molecule has 14 heteroatoms. The Hall–Kier alpha value is -3.39. The van der Waals surface area contributed by atoms with Crippen molar-refractivity contribution in [2.45, 2.75) is 25.1 Å². The average molecular weight is 601 g/mol. The molecule has 9 nitrogen and oxygen atoms in total. The number of aromatic nitrogens is 2. The Morgan fingerprint density at radius 1 is 1.22 bits per heavy atom. The van der Waals surface area contributed by atoms with E-state index in [2.05, 4.69) is 31.2 Å². The first-order valence-electron chi connectivity index (χ1n) is 10.9. The largest absolute Gasteiger partial charge is 0.479 e. The van der Waals surface area contributed by atoms with E-state index in [9.17, 15) is 27.9 Å². The van der Waals surface area contributed by atoms with Gasteiger partial charge in [0.25, 0.3) is 0 Å². The molecule has 0 saturated carbocycles. The Morgan fingerprint density at radius 2 is 1.95 bits per heavy atom. The molecule has 2 aromatic heterocycles. The number of thiophene rings is 1. The van der Waals surface area contributed by atoms with Crippen LogP contribution in [0.2, 0.25) is 0 Å². The molecule has 3 heterocycles. The number of hydrogen-bond donors (Lipinski definition) is 3. The highest BCUT2D eigenvalue weighted by molar-refractivity contribution is 9.10. The normalized spacial score (nSPS) is 14.4. The van der Waals surface area contributed by atoms with Crippen molar-refractivity contribution in [1.82, 2.24) is 9.97 Å². The van der Waals surface area contributed by atoms with Gasteiger partial charge in [0.15, 0.2) is 17.2 Å². The van der Waals surface area contributed by atoms with E-state index in [1.807, 2.05) is 12.1 Å². The summed E-state index contributed by atoms with van der Waals surface area (Å²) in [6.45, 7) is 0.268. The lowest BCUT2D eigenvalue weighted by molar-refractivity contribution is -0.141. The summed E-state index contributed by atoms with van der Waals surface area (Å²) in [5, 5.41) is 21.8. The van der Waals surface area contributed by atoms with Crippen molar-refractivity contribution in [1.29, 1.82) is 0 Å². The van der Waals surface area contributed by atoms with Crippen LogP contribution in [-0.2, 0) is 11.0 Å². The number of aromatic carboxylic acids is 1. The van der Waals surface area contributed by atoms with Crippen LogP contribution in [0.25, 0.3) is 10.4 Å². The summed E-state index contributed by atoms with van der Waals surface area (Å²) in [5.74, 6) is -2.46. The summed E-state index contributed by atoms with van der Waals surface area (Å²) in [4.78, 5) is 32.4. The summed E-state index contributed by atoms with van der Waals surface area (Å²) in [7, 11) is 0. The monoisotopic (exact) mass is 600 g/mol. The Balaban J connectivity index is 1.45. The number of aliphatic carboxylic acids is 1. The number of benzene rings is 1. The zero-order chi connectivity index (χ0) is 26.7. The summed E-state index contributed by atoms with van der Waals surface area (Å²) in [6, 6.07) is 8.18. The predicted octanol–water partition coefficient (Wildman–Crippen LogP) is 5.23. The molecule has 4 rings (SSSR count). The molecule has 196 valence electrons. The molecule has 1 aliphatic rings. The quantitative estimate of drug-likeness (QED) is 0.319. The van der Waals surface area contributed by atoms with Gasteiger partial charge >= 0.3 is 18.1 Å². The van der Waals surface area contributed by atoms with E-state index in [4.69, 9.17) is 9.84 Å². The topological polar surface area (TPSA) is 125 Å². The number of hydrogen-bond acceptors (Lipinski definition) is 8. The van der Waals surface area contributed by atoms with E-state index >= 15 is 0 Å². The first kappa shape index (κ1) is 26.7. The van der Waals surface area contributed by atoms with E-state index in [0.29, 0.717) is 40.8 Å². The number of piperidine rings is 1. The van der Waals surface area contributed by atoms with E-state index in [1.165, 1.54) is 0 Å². The maximum atomic E-state index is 13.0. The Bertz CT molecular complexity index is 1310. The number of carboxylic acids is 2. The SMILES string of the molecule is O=C(O)COc1c(C(=O)O)sc(-c2cccc(NC3CCN(c4nccc(C(F)(F)F)n4)CC3)c2)c1Br. The number of rotatable bonds is 8. The maximum Gasteiger partial charge on any atom is 0.433 e. The minimum atomic E-state index is -4.53. The number of alkyl halides is 3. The molecular weight excluding hydrogens is 581 g/mol. The molecule has 37 heavy (non-hydrogen) atoms. The van der Waals surface area contributed by atoms with Crippen molar-refractivity contribution in [3.05, 3.63) is 51.6 Å². The third kappa shape index (κ3) is 6.31. The number of halogens is 4. The van der Waals surface area contributed by atoms with Crippen LogP contribution in [0.3, 0.4) is 0 Å². The summed E-state index contributed by atoms with van der Waals surface area (Å²) in [5.41, 5.74) is 0.498. The fourth-order valence-corrected chi connectivity index (χ4v) is 5.74. The molecule has 3 aromatic rings. The lowest BCUT2D eigenvalue weighted by Crippen LogP contribution is -2.40. The molecule has 1 fully saturated rings. The molecule has 1 saturated heterocycles. The van der Waals surface area contributed by atoms with E-state index in [1.54, 1.807) is 17.0 Å². The Morgan fingerprint density at radius 3 is 2.59 bits per heavy atom. The standard InChI is InChI=1S/C23H20BrF3N4O5S/c24-17-18(36-11-16(32)33)20(21(34)35)37-19(17)12-2-1-3-14(10-12)29-13-5-8-31(9-6-13)22-28-7-4-15(30-22)23(25,26)27/h1-4,7,10,13,29H,5-6,8-9,11H2,(H,32,33)(H,34,35). The number of carboxylic acid groups (broad SMARTS) is 2. The highest BCUT2D eigenvalue weighted by Gasteiger charge is 2.33. The second-order valence-corrected chi connectivity index (χ2v) is 9.93. The van der Waals surface area contributed by atoms with Gasteiger partial charge in [-0.2, -0.15) is 13.2 Å². The van der Waals surface area contributed by atoms with Gasteiger partial charge in [-0.3, -0.25) is 0 Å². The Kier molecular flexibility index (Phi) is 7.87. The fourth-order valence-electron chi connectivity index (χ4n) is 3.85. The van der Waals surface area contributed by atoms with E-state index in [-0.39, 0.29) is 22.6 Å². The lowest BCUT2D eigenvalue weighted by atomic mass is 10.0. The smallest absolute Gasteiger partial charge is 0.433 e. The third-order valence-corrected chi connectivity index (χ3v) is 7.78. The molecule has 0 bridgehead atoms. The van der Waals surface area contributed by atoms with Crippen molar-refractivity contribution in [2.75, 3.05) is 29.9 Å². The highest BCUT2D eigenvalue weighted by atomic mass is 79.9. The average Bonchev–Trinajstić information content (AvgIpc) is 3.19. The van der Waals surface area contributed by atoms with Crippen molar-refractivity contribution in [2.24, 2.45) is 0 Å². The van der Waals surface area contributed by atoms with Crippen LogP contribution < -0.4 is 15.0 Å². The van der Waals surface area contributed by atoms with Crippen LogP contribution in [0.15, 0.2) is 41.0 Å². The van der Waals surface area contributed by atoms with Crippen LogP contribution in [0.4, 0.5) is 24.8 Å². The molecule has 0 atom stereocenters. The summed E-state index contributed by atoms with van der Waals surface area (Å²) >= 11 is 4.31. The molecule has 1 aromatic carbocycles. The first-order valence-corrected chi connectivity index (χ1v) is 12.6. The van der Waals surface area contributed by atoms with Gasteiger partial charge in [0.1, 0.15) is 5.69 Å². The van der Waals surface area contributed by atoms with Gasteiger partial charge in [-0.25, -0.2) is 19.6 Å². The fraction of sp³-hybridized carbons (Fsp3) is 0.304. The number of anilines is 2. The van der Waals surface area contributed by atoms with Gasteiger partial charge in [0, 0.05) is 31.0 Å². The van der Waals surface area contributed by atoms with Crippen LogP contribution in [0, 0.1) is 0 Å². The molecule has 3 N–H and O–H groups in total. The van der Waals surface area contributed by atoms with E-state index in [0.717, 1.165) is 29.3 Å². The molecule has 0 amide bonds. The minimum absolute atomic E-state index is 0.0440. The van der Waals surface area contributed by atoms with Gasteiger partial charge in [-0.15, -0.1) is 11.3 Å². The molecule has 0 radical (unpaired) electrons. The zero-order valence-corrected chi connectivity index (χ0v) is 21.4. The Labute approximate surface area is 221 Å². The number of carbonyl (C=O) groups is 2. The molecule has 0 unspecified atom stereocenters. The molecule has 1 aliphatic heterocycles. The second kappa shape index (κ2) is 10.9. The van der Waals surface area contributed by atoms with Crippen LogP contribution in [0.1, 0.15) is 28.2 Å². The number of nitrogens with zero attached hydrogens (tertiary/aromatic N) is 3. The van der Waals surface area contributed by atoms with Gasteiger partial charge in [-0.05, 0) is 52.5 Å². The minimum Gasteiger partial charge on any atom is -0.479 e. The molecular formula is C23H20BrF3N4O5S. The van der Waals surface area contributed by atoms with E-state index < -0.39 is 30.4 Å². The van der Waals surface area contributed by atoms with Crippen LogP contribution in [0.5, 0.6) is 5.75 Å². The second-order valence-electron chi connectivity index (χ2n) is 8.12.